The molecule has 1 atom stereocenters. The van der Waals surface area contributed by atoms with Crippen LogP contribution in [0, 0.1) is 0 Å². The molecule has 2 rings (SSSR count). The summed E-state index contributed by atoms with van der Waals surface area (Å²) in [5, 5.41) is 4.58. The maximum Gasteiger partial charge on any atom is 0.242 e. The summed E-state index contributed by atoms with van der Waals surface area (Å²) in [5.41, 5.74) is 1.29. The Bertz CT molecular complexity index is 931. The lowest BCUT2D eigenvalue weighted by molar-refractivity contribution is -0.139. The van der Waals surface area contributed by atoms with Crippen LogP contribution in [0.3, 0.4) is 0 Å². The van der Waals surface area contributed by atoms with Crippen molar-refractivity contribution in [3.63, 3.8) is 0 Å². The molecule has 2 amide bonds. The first-order valence-electron chi connectivity index (χ1n) is 9.84. The smallest absolute Gasteiger partial charge is 0.242 e. The highest BCUT2D eigenvalue weighted by atomic mass is 35.5. The Morgan fingerprint density at radius 3 is 2.32 bits per heavy atom. The first-order valence-corrected chi connectivity index (χ1v) is 12.1. The number of halogens is 3. The Kier molecular flexibility index (Phi) is 9.56. The number of carbonyl (C=O) groups is 2. The molecule has 0 aliphatic carbocycles. The monoisotopic (exact) mass is 500 g/mol. The van der Waals surface area contributed by atoms with Crippen LogP contribution < -0.4 is 5.32 Å². The van der Waals surface area contributed by atoms with E-state index in [4.69, 9.17) is 34.8 Å². The van der Waals surface area contributed by atoms with Crippen LogP contribution in [-0.2, 0) is 21.9 Å². The third-order valence-corrected chi connectivity index (χ3v) is 6.38. The van der Waals surface area contributed by atoms with Crippen LogP contribution in [0.4, 0.5) is 0 Å². The first-order chi connectivity index (χ1) is 14.5. The van der Waals surface area contributed by atoms with E-state index in [0.717, 1.165) is 11.1 Å². The quantitative estimate of drug-likeness (QED) is 0.468. The molecule has 0 aromatic heterocycles. The van der Waals surface area contributed by atoms with Crippen molar-refractivity contribution in [3.8, 4) is 0 Å². The molecule has 0 saturated heterocycles. The van der Waals surface area contributed by atoms with Gasteiger partial charge in [0.05, 0.1) is 5.75 Å². The van der Waals surface area contributed by atoms with Crippen molar-refractivity contribution in [2.45, 2.75) is 51.6 Å². The predicted molar refractivity (Wildman–Crippen MR) is 132 cm³/mol. The summed E-state index contributed by atoms with van der Waals surface area (Å²) in [6.07, 6.45) is 0. The van der Waals surface area contributed by atoms with E-state index in [1.807, 2.05) is 45.0 Å². The summed E-state index contributed by atoms with van der Waals surface area (Å²) in [4.78, 5) is 27.5. The topological polar surface area (TPSA) is 49.4 Å². The van der Waals surface area contributed by atoms with Gasteiger partial charge in [-0.15, -0.1) is 11.8 Å². The third kappa shape index (κ3) is 8.23. The van der Waals surface area contributed by atoms with Gasteiger partial charge in [0.1, 0.15) is 6.04 Å². The molecule has 2 aromatic carbocycles. The molecular formula is C23H27Cl3N2O2S. The van der Waals surface area contributed by atoms with Crippen molar-refractivity contribution in [1.82, 2.24) is 10.2 Å². The molecule has 0 spiro atoms. The Balaban J connectivity index is 2.16. The number of nitrogens with one attached hydrogen (secondary N) is 1. The van der Waals surface area contributed by atoms with Crippen LogP contribution in [0.15, 0.2) is 42.5 Å². The van der Waals surface area contributed by atoms with E-state index < -0.39 is 11.6 Å². The van der Waals surface area contributed by atoms with Crippen molar-refractivity contribution >= 4 is 58.4 Å². The van der Waals surface area contributed by atoms with Crippen molar-refractivity contribution in [2.24, 2.45) is 0 Å². The molecule has 0 unspecified atom stereocenters. The van der Waals surface area contributed by atoms with Gasteiger partial charge in [0.25, 0.3) is 0 Å². The van der Waals surface area contributed by atoms with Crippen LogP contribution in [0.5, 0.6) is 0 Å². The number of carbonyl (C=O) groups excluding carboxylic acids is 2. The molecule has 0 saturated carbocycles. The van der Waals surface area contributed by atoms with Gasteiger partial charge in [0, 0.05) is 32.9 Å². The predicted octanol–water partition coefficient (Wildman–Crippen LogP) is 6.21. The summed E-state index contributed by atoms with van der Waals surface area (Å²) < 4.78 is 0. The van der Waals surface area contributed by atoms with Crippen LogP contribution in [0.25, 0.3) is 0 Å². The molecular weight excluding hydrogens is 475 g/mol. The zero-order valence-corrected chi connectivity index (χ0v) is 21.1. The van der Waals surface area contributed by atoms with Crippen molar-refractivity contribution in [1.29, 1.82) is 0 Å². The fourth-order valence-corrected chi connectivity index (χ4v) is 4.50. The van der Waals surface area contributed by atoms with Gasteiger partial charge in [-0.05, 0) is 57.0 Å². The van der Waals surface area contributed by atoms with Gasteiger partial charge in [-0.3, -0.25) is 9.59 Å². The van der Waals surface area contributed by atoms with E-state index >= 15 is 0 Å². The van der Waals surface area contributed by atoms with Gasteiger partial charge >= 0.3 is 0 Å². The molecule has 8 heteroatoms. The summed E-state index contributed by atoms with van der Waals surface area (Å²) >= 11 is 20.0. The molecule has 0 fully saturated rings. The molecule has 4 nitrogen and oxygen atoms in total. The maximum atomic E-state index is 13.1. The van der Waals surface area contributed by atoms with Crippen LogP contribution in [-0.4, -0.2) is 34.0 Å². The Labute approximate surface area is 203 Å². The molecule has 1 N–H and O–H groups in total. The maximum absolute atomic E-state index is 13.1. The Hall–Kier alpha value is -1.40. The standard InChI is InChI=1S/C23H27Cl3N2O2S/c1-15(22(30)27-23(2,3)4)28(12-16-9-10-18(24)11-20(16)26)21(29)14-31-13-17-7-5-6-8-19(17)25/h5-11,15H,12-14H2,1-4H3,(H,27,30)/t15-/m0/s1. The van der Waals surface area contributed by atoms with E-state index in [-0.39, 0.29) is 24.1 Å². The molecule has 0 aliphatic heterocycles. The summed E-state index contributed by atoms with van der Waals surface area (Å²) in [6.45, 7) is 7.64. The number of hydrogen-bond donors (Lipinski definition) is 1. The van der Waals surface area contributed by atoms with Gasteiger partial charge in [-0.1, -0.05) is 59.1 Å². The van der Waals surface area contributed by atoms with Crippen molar-refractivity contribution < 1.29 is 9.59 Å². The molecule has 0 bridgehead atoms. The van der Waals surface area contributed by atoms with Crippen molar-refractivity contribution in [3.05, 3.63) is 68.7 Å². The minimum atomic E-state index is -0.667. The molecule has 0 heterocycles. The largest absolute Gasteiger partial charge is 0.350 e. The van der Waals surface area contributed by atoms with E-state index in [9.17, 15) is 9.59 Å². The van der Waals surface area contributed by atoms with Crippen LogP contribution in [0.1, 0.15) is 38.8 Å². The fourth-order valence-electron chi connectivity index (χ4n) is 2.84. The summed E-state index contributed by atoms with van der Waals surface area (Å²) in [7, 11) is 0. The molecule has 31 heavy (non-hydrogen) atoms. The lowest BCUT2D eigenvalue weighted by Crippen LogP contribution is -2.52. The normalized spacial score (nSPS) is 12.4. The molecule has 0 radical (unpaired) electrons. The number of hydrogen-bond acceptors (Lipinski definition) is 3. The lowest BCUT2D eigenvalue weighted by atomic mass is 10.1. The van der Waals surface area contributed by atoms with E-state index in [1.54, 1.807) is 30.0 Å². The minimum absolute atomic E-state index is 0.153. The lowest BCUT2D eigenvalue weighted by Gasteiger charge is -2.31. The second kappa shape index (κ2) is 11.5. The highest BCUT2D eigenvalue weighted by molar-refractivity contribution is 7.99. The van der Waals surface area contributed by atoms with E-state index in [0.29, 0.717) is 20.8 Å². The second-order valence-electron chi connectivity index (χ2n) is 8.26. The highest BCUT2D eigenvalue weighted by Crippen LogP contribution is 2.25. The number of nitrogens with zero attached hydrogens (tertiary/aromatic N) is 1. The number of benzene rings is 2. The second-order valence-corrected chi connectivity index (χ2v) is 10.5. The minimum Gasteiger partial charge on any atom is -0.350 e. The van der Waals surface area contributed by atoms with E-state index in [1.165, 1.54) is 11.8 Å². The van der Waals surface area contributed by atoms with Gasteiger partial charge in [-0.2, -0.15) is 0 Å². The van der Waals surface area contributed by atoms with Gasteiger partial charge in [-0.25, -0.2) is 0 Å². The van der Waals surface area contributed by atoms with Crippen molar-refractivity contribution in [2.75, 3.05) is 5.75 Å². The van der Waals surface area contributed by atoms with Gasteiger partial charge in [0.15, 0.2) is 0 Å². The average Bonchev–Trinajstić information content (AvgIpc) is 2.67. The molecule has 0 aliphatic rings. The van der Waals surface area contributed by atoms with Crippen LogP contribution in [0.2, 0.25) is 15.1 Å². The Morgan fingerprint density at radius 1 is 1.03 bits per heavy atom. The summed E-state index contributed by atoms with van der Waals surface area (Å²) in [5.74, 6) is 0.439. The summed E-state index contributed by atoms with van der Waals surface area (Å²) in [6, 6.07) is 12.0. The molecule has 2 aromatic rings. The van der Waals surface area contributed by atoms with Gasteiger partial charge < -0.3 is 10.2 Å². The number of rotatable bonds is 8. The zero-order chi connectivity index (χ0) is 23.2. The van der Waals surface area contributed by atoms with Gasteiger partial charge in [0.2, 0.25) is 11.8 Å². The highest BCUT2D eigenvalue weighted by Gasteiger charge is 2.28. The first kappa shape index (κ1) is 25.9. The third-order valence-electron chi connectivity index (χ3n) is 4.46. The Morgan fingerprint density at radius 2 is 1.71 bits per heavy atom. The average molecular weight is 502 g/mol. The number of thioether (sulfide) groups is 1. The van der Waals surface area contributed by atoms with E-state index in [2.05, 4.69) is 5.32 Å². The number of amides is 2. The fraction of sp³-hybridized carbons (Fsp3) is 0.391. The zero-order valence-electron chi connectivity index (χ0n) is 18.0. The SMILES string of the molecule is C[C@@H](C(=O)NC(C)(C)C)N(Cc1ccc(Cl)cc1Cl)C(=O)CSCc1ccccc1Cl. The van der Waals surface area contributed by atoms with Crippen LogP contribution >= 0.6 is 46.6 Å². The molecule has 168 valence electrons.